The molecular weight excluding hydrogens is 357 g/mol. The molecule has 0 saturated carbocycles. The summed E-state index contributed by atoms with van der Waals surface area (Å²) >= 11 is 2.91. The molecule has 118 valence electrons. The number of carbonyl (C=O) groups is 1. The van der Waals surface area contributed by atoms with E-state index in [1.807, 2.05) is 0 Å². The number of primary amides is 1. The number of nitrogens with zero attached hydrogens (tertiary/aromatic N) is 2. The number of carbonyl (C=O) groups excluding carboxylic acids is 1. The molecule has 0 aliphatic heterocycles. The molecule has 1 unspecified atom stereocenters. The summed E-state index contributed by atoms with van der Waals surface area (Å²) in [6, 6.07) is -0.777. The Morgan fingerprint density at radius 1 is 1.52 bits per heavy atom. The van der Waals surface area contributed by atoms with Crippen LogP contribution in [0.2, 0.25) is 0 Å². The Kier molecular flexibility index (Phi) is 5.37. The third kappa shape index (κ3) is 4.73. The van der Waals surface area contributed by atoms with Gasteiger partial charge >= 0.3 is 6.18 Å². The molecule has 1 atom stereocenters. The van der Waals surface area contributed by atoms with Crippen molar-refractivity contribution in [2.75, 3.05) is 5.32 Å². The summed E-state index contributed by atoms with van der Waals surface area (Å²) in [6.07, 6.45) is -3.52. The Labute approximate surface area is 126 Å². The van der Waals surface area contributed by atoms with E-state index < -0.39 is 30.2 Å². The first-order valence-corrected chi connectivity index (χ1v) is 6.70. The van der Waals surface area contributed by atoms with Crippen LogP contribution in [0.1, 0.15) is 13.8 Å². The van der Waals surface area contributed by atoms with Gasteiger partial charge in [0.15, 0.2) is 0 Å². The zero-order valence-corrected chi connectivity index (χ0v) is 12.8. The summed E-state index contributed by atoms with van der Waals surface area (Å²) in [6.45, 7) is 1.97. The van der Waals surface area contributed by atoms with Crippen LogP contribution < -0.4 is 16.6 Å². The van der Waals surface area contributed by atoms with Gasteiger partial charge in [0, 0.05) is 0 Å². The average molecular weight is 371 g/mol. The van der Waals surface area contributed by atoms with Crippen LogP contribution in [0, 0.1) is 5.92 Å². The van der Waals surface area contributed by atoms with Gasteiger partial charge in [-0.2, -0.15) is 18.3 Å². The largest absolute Gasteiger partial charge is 0.408 e. The molecule has 0 saturated heterocycles. The first-order chi connectivity index (χ1) is 9.53. The van der Waals surface area contributed by atoms with Crippen molar-refractivity contribution in [3.8, 4) is 0 Å². The van der Waals surface area contributed by atoms with Gasteiger partial charge in [0.1, 0.15) is 17.1 Å². The monoisotopic (exact) mass is 370 g/mol. The molecule has 0 radical (unpaired) electrons. The Bertz CT molecular complexity index is 586. The molecule has 0 spiro atoms. The van der Waals surface area contributed by atoms with Crippen LogP contribution in [0.3, 0.4) is 0 Å². The second-order valence-electron chi connectivity index (χ2n) is 4.72. The Morgan fingerprint density at radius 3 is 2.52 bits per heavy atom. The third-order valence-electron chi connectivity index (χ3n) is 2.60. The molecule has 3 N–H and O–H groups in total. The van der Waals surface area contributed by atoms with Crippen LogP contribution in [0.5, 0.6) is 0 Å². The third-order valence-corrected chi connectivity index (χ3v) is 3.36. The van der Waals surface area contributed by atoms with Gasteiger partial charge in [0.25, 0.3) is 5.56 Å². The first-order valence-electron chi connectivity index (χ1n) is 5.91. The minimum Gasteiger partial charge on any atom is -0.371 e. The molecule has 0 aliphatic carbocycles. The molecule has 6 nitrogen and oxygen atoms in total. The van der Waals surface area contributed by atoms with Gasteiger partial charge in [-0.15, -0.1) is 0 Å². The highest BCUT2D eigenvalue weighted by atomic mass is 79.9. The highest BCUT2D eigenvalue weighted by Gasteiger charge is 2.30. The van der Waals surface area contributed by atoms with Gasteiger partial charge in [0.2, 0.25) is 5.91 Å². The molecule has 1 heterocycles. The van der Waals surface area contributed by atoms with Gasteiger partial charge in [0.05, 0.1) is 11.9 Å². The fourth-order valence-corrected chi connectivity index (χ4v) is 2.00. The van der Waals surface area contributed by atoms with Gasteiger partial charge in [-0.1, -0.05) is 13.8 Å². The van der Waals surface area contributed by atoms with Crippen LogP contribution in [0.25, 0.3) is 0 Å². The number of amides is 1. The van der Waals surface area contributed by atoms with E-state index in [0.717, 1.165) is 6.20 Å². The summed E-state index contributed by atoms with van der Waals surface area (Å²) in [5.41, 5.74) is 4.37. The maximum Gasteiger partial charge on any atom is 0.408 e. The van der Waals surface area contributed by atoms with Crippen molar-refractivity contribution in [2.45, 2.75) is 32.6 Å². The van der Waals surface area contributed by atoms with Crippen molar-refractivity contribution in [1.82, 2.24) is 9.78 Å². The fourth-order valence-electron chi connectivity index (χ4n) is 1.58. The van der Waals surface area contributed by atoms with Gasteiger partial charge in [-0.3, -0.25) is 9.59 Å². The molecule has 0 aromatic carbocycles. The number of nitrogens with two attached hydrogens (primary N) is 1. The molecule has 0 aliphatic rings. The van der Waals surface area contributed by atoms with Gasteiger partial charge in [-0.05, 0) is 21.8 Å². The van der Waals surface area contributed by atoms with Gasteiger partial charge in [-0.25, -0.2) is 4.68 Å². The zero-order valence-electron chi connectivity index (χ0n) is 11.2. The van der Waals surface area contributed by atoms with Crippen molar-refractivity contribution in [2.24, 2.45) is 11.7 Å². The molecule has 1 aromatic rings. The number of hydrogen-bond donors (Lipinski definition) is 2. The molecule has 21 heavy (non-hydrogen) atoms. The number of aromatic nitrogens is 2. The minimum absolute atomic E-state index is 0.107. The molecular formula is C11H14BrF3N4O2. The maximum atomic E-state index is 12.3. The van der Waals surface area contributed by atoms with Gasteiger partial charge < -0.3 is 11.1 Å². The molecule has 1 rings (SSSR count). The predicted molar refractivity (Wildman–Crippen MR) is 73.7 cm³/mol. The summed E-state index contributed by atoms with van der Waals surface area (Å²) in [5.74, 6) is -0.816. The normalized spacial score (nSPS) is 13.3. The number of halogens is 4. The van der Waals surface area contributed by atoms with Crippen LogP contribution in [-0.2, 0) is 11.3 Å². The maximum absolute atomic E-state index is 12.3. The standard InChI is InChI=1S/C11H14BrF3N4O2/c1-5(2)8(9(16)20)18-6-3-17-19(4-11(13,14)15)10(21)7(6)12/h3,5,8,18H,4H2,1-2H3,(H2,16,20). The van der Waals surface area contributed by atoms with E-state index in [1.165, 1.54) is 0 Å². The van der Waals surface area contributed by atoms with E-state index in [2.05, 4.69) is 26.3 Å². The van der Waals surface area contributed by atoms with E-state index in [1.54, 1.807) is 13.8 Å². The molecule has 10 heteroatoms. The van der Waals surface area contributed by atoms with E-state index in [9.17, 15) is 22.8 Å². The smallest absolute Gasteiger partial charge is 0.371 e. The van der Waals surface area contributed by atoms with Crippen LogP contribution in [0.4, 0.5) is 18.9 Å². The number of rotatable bonds is 5. The SMILES string of the molecule is CC(C)C(Nc1cnn(CC(F)(F)F)c(=O)c1Br)C(N)=O. The molecule has 1 amide bonds. The topological polar surface area (TPSA) is 90.0 Å². The number of alkyl halides is 3. The van der Waals surface area contributed by atoms with Crippen molar-refractivity contribution in [1.29, 1.82) is 0 Å². The molecule has 0 bridgehead atoms. The van der Waals surface area contributed by atoms with Crippen LogP contribution in [-0.4, -0.2) is 27.9 Å². The predicted octanol–water partition coefficient (Wildman–Crippen LogP) is 1.49. The van der Waals surface area contributed by atoms with Crippen molar-refractivity contribution in [3.05, 3.63) is 21.0 Å². The number of anilines is 1. The molecule has 1 aromatic heterocycles. The quantitative estimate of drug-likeness (QED) is 0.821. The van der Waals surface area contributed by atoms with E-state index in [4.69, 9.17) is 5.73 Å². The lowest BCUT2D eigenvalue weighted by Crippen LogP contribution is -2.40. The second-order valence-corrected chi connectivity index (χ2v) is 5.51. The van der Waals surface area contributed by atoms with Crippen LogP contribution >= 0.6 is 15.9 Å². The average Bonchev–Trinajstić information content (AvgIpc) is 2.31. The minimum atomic E-state index is -4.56. The fraction of sp³-hybridized carbons (Fsp3) is 0.545. The Morgan fingerprint density at radius 2 is 2.10 bits per heavy atom. The summed E-state index contributed by atoms with van der Waals surface area (Å²) in [5, 5.41) is 6.13. The second kappa shape index (κ2) is 6.46. The Hall–Kier alpha value is -1.58. The zero-order chi connectivity index (χ0) is 16.4. The highest BCUT2D eigenvalue weighted by Crippen LogP contribution is 2.21. The van der Waals surface area contributed by atoms with E-state index >= 15 is 0 Å². The lowest BCUT2D eigenvalue weighted by Gasteiger charge is -2.21. The van der Waals surface area contributed by atoms with Crippen molar-refractivity contribution in [3.63, 3.8) is 0 Å². The van der Waals surface area contributed by atoms with Crippen molar-refractivity contribution < 1.29 is 18.0 Å². The van der Waals surface area contributed by atoms with E-state index in [0.29, 0.717) is 0 Å². The lowest BCUT2D eigenvalue weighted by molar-refractivity contribution is -0.143. The number of hydrogen-bond acceptors (Lipinski definition) is 4. The number of nitrogens with one attached hydrogen (secondary N) is 1. The summed E-state index contributed by atoms with van der Waals surface area (Å²) in [4.78, 5) is 23.1. The van der Waals surface area contributed by atoms with Crippen LogP contribution in [0.15, 0.2) is 15.5 Å². The first kappa shape index (κ1) is 17.5. The Balaban J connectivity index is 3.10. The lowest BCUT2D eigenvalue weighted by atomic mass is 10.0. The van der Waals surface area contributed by atoms with Crippen molar-refractivity contribution >= 4 is 27.5 Å². The highest BCUT2D eigenvalue weighted by molar-refractivity contribution is 9.10. The molecule has 0 fully saturated rings. The van der Waals surface area contributed by atoms with E-state index in [-0.39, 0.29) is 20.8 Å². The summed E-state index contributed by atoms with van der Waals surface area (Å²) < 4.78 is 37.0. The summed E-state index contributed by atoms with van der Waals surface area (Å²) in [7, 11) is 0.